The second kappa shape index (κ2) is 7.79. The van der Waals surface area contributed by atoms with Crippen LogP contribution >= 0.6 is 11.3 Å². The second-order valence-electron chi connectivity index (χ2n) is 4.62. The van der Waals surface area contributed by atoms with Gasteiger partial charge in [-0.05, 0) is 6.42 Å². The molecule has 1 aromatic heterocycles. The van der Waals surface area contributed by atoms with Gasteiger partial charge in [0.2, 0.25) is 0 Å². The predicted octanol–water partition coefficient (Wildman–Crippen LogP) is 1.49. The second-order valence-corrected chi connectivity index (χ2v) is 5.46. The Kier molecular flexibility index (Phi) is 6.03. The molecule has 0 amide bonds. The Hall–Kier alpha value is -0.690. The van der Waals surface area contributed by atoms with Crippen LogP contribution in [0.2, 0.25) is 0 Å². The lowest BCUT2D eigenvalue weighted by Gasteiger charge is -2.34. The minimum Gasteiger partial charge on any atom is -0.383 e. The normalized spacial score (nSPS) is 19.9. The van der Waals surface area contributed by atoms with Crippen LogP contribution in [0.3, 0.4) is 0 Å². The predicted molar refractivity (Wildman–Crippen MR) is 77.9 cm³/mol. The van der Waals surface area contributed by atoms with E-state index in [1.165, 1.54) is 0 Å². The Balaban J connectivity index is 1.88. The zero-order valence-electron chi connectivity index (χ0n) is 11.7. The third kappa shape index (κ3) is 4.14. The minimum atomic E-state index is 0.467. The van der Waals surface area contributed by atoms with E-state index in [1.807, 2.05) is 0 Å². The van der Waals surface area contributed by atoms with E-state index in [9.17, 15) is 0 Å². The van der Waals surface area contributed by atoms with E-state index in [4.69, 9.17) is 14.5 Å². The van der Waals surface area contributed by atoms with Crippen molar-refractivity contribution in [2.75, 3.05) is 44.9 Å². The van der Waals surface area contributed by atoms with Crippen molar-refractivity contribution in [1.82, 2.24) is 10.3 Å². The molecular formula is C13H23N3O2S. The summed E-state index contributed by atoms with van der Waals surface area (Å²) in [6, 6.07) is 0.467. The number of ether oxygens (including phenoxy) is 2. The molecule has 1 saturated heterocycles. The van der Waals surface area contributed by atoms with Gasteiger partial charge in [0.15, 0.2) is 5.13 Å². The molecule has 0 aromatic carbocycles. The number of morpholine rings is 1. The molecule has 5 nitrogen and oxygen atoms in total. The highest BCUT2D eigenvalue weighted by Crippen LogP contribution is 2.25. The molecule has 1 N–H and O–H groups in total. The molecule has 0 radical (unpaired) electrons. The monoisotopic (exact) mass is 285 g/mol. The summed E-state index contributed by atoms with van der Waals surface area (Å²) in [6.45, 7) is 7.17. The number of thiazole rings is 1. The number of nitrogens with zero attached hydrogens (tertiary/aromatic N) is 2. The van der Waals surface area contributed by atoms with E-state index in [2.05, 4.69) is 22.5 Å². The molecule has 0 saturated carbocycles. The van der Waals surface area contributed by atoms with Crippen LogP contribution in [0.1, 0.15) is 19.0 Å². The van der Waals surface area contributed by atoms with Gasteiger partial charge >= 0.3 is 0 Å². The largest absolute Gasteiger partial charge is 0.383 e. The number of anilines is 1. The molecule has 1 unspecified atom stereocenters. The van der Waals surface area contributed by atoms with Crippen molar-refractivity contribution < 1.29 is 9.47 Å². The Morgan fingerprint density at radius 3 is 3.32 bits per heavy atom. The van der Waals surface area contributed by atoms with Gasteiger partial charge in [-0.3, -0.25) is 0 Å². The maximum absolute atomic E-state index is 5.53. The van der Waals surface area contributed by atoms with Crippen LogP contribution in [0.5, 0.6) is 0 Å². The van der Waals surface area contributed by atoms with Crippen molar-refractivity contribution in [2.45, 2.75) is 25.9 Å². The summed E-state index contributed by atoms with van der Waals surface area (Å²) in [4.78, 5) is 7.10. The maximum Gasteiger partial charge on any atom is 0.185 e. The number of rotatable bonds is 7. The lowest BCUT2D eigenvalue weighted by atomic mass is 10.2. The van der Waals surface area contributed by atoms with Crippen molar-refractivity contribution in [3.05, 3.63) is 11.1 Å². The molecule has 1 aliphatic heterocycles. The Morgan fingerprint density at radius 1 is 1.63 bits per heavy atom. The molecule has 6 heteroatoms. The van der Waals surface area contributed by atoms with Gasteiger partial charge in [-0.2, -0.15) is 0 Å². The zero-order chi connectivity index (χ0) is 13.5. The van der Waals surface area contributed by atoms with E-state index in [0.717, 1.165) is 56.7 Å². The summed E-state index contributed by atoms with van der Waals surface area (Å²) >= 11 is 1.73. The van der Waals surface area contributed by atoms with E-state index in [-0.39, 0.29) is 0 Å². The lowest BCUT2D eigenvalue weighted by molar-refractivity contribution is 0.0929. The highest BCUT2D eigenvalue weighted by Gasteiger charge is 2.23. The molecule has 1 aromatic rings. The van der Waals surface area contributed by atoms with Crippen molar-refractivity contribution in [2.24, 2.45) is 0 Å². The summed E-state index contributed by atoms with van der Waals surface area (Å²) in [5.41, 5.74) is 1.11. The minimum absolute atomic E-state index is 0.467. The summed E-state index contributed by atoms with van der Waals surface area (Å²) in [7, 11) is 1.71. The molecule has 1 fully saturated rings. The standard InChI is InChI=1S/C13H23N3O2S/c1-3-12-9-18-7-5-16(12)13-15-11(10-19-13)8-14-4-6-17-2/h10,12,14H,3-9H2,1-2H3. The van der Waals surface area contributed by atoms with E-state index < -0.39 is 0 Å². The third-order valence-electron chi connectivity index (χ3n) is 3.27. The summed E-state index contributed by atoms with van der Waals surface area (Å²) in [5.74, 6) is 0. The van der Waals surface area contributed by atoms with Crippen molar-refractivity contribution >= 4 is 16.5 Å². The van der Waals surface area contributed by atoms with Crippen LogP contribution in [0.15, 0.2) is 5.38 Å². The first kappa shape index (κ1) is 14.7. The fourth-order valence-electron chi connectivity index (χ4n) is 2.14. The molecule has 0 aliphatic carbocycles. The first-order valence-corrected chi connectivity index (χ1v) is 7.71. The average molecular weight is 285 g/mol. The fourth-order valence-corrected chi connectivity index (χ4v) is 3.07. The zero-order valence-corrected chi connectivity index (χ0v) is 12.5. The van der Waals surface area contributed by atoms with Gasteiger partial charge in [0.1, 0.15) is 0 Å². The van der Waals surface area contributed by atoms with Gasteiger partial charge < -0.3 is 19.7 Å². The van der Waals surface area contributed by atoms with Crippen LogP contribution in [-0.4, -0.2) is 51.0 Å². The first-order chi connectivity index (χ1) is 9.35. The number of nitrogens with one attached hydrogen (secondary N) is 1. The van der Waals surface area contributed by atoms with Gasteiger partial charge in [0, 0.05) is 32.1 Å². The van der Waals surface area contributed by atoms with Gasteiger partial charge in [-0.15, -0.1) is 11.3 Å². The summed E-state index contributed by atoms with van der Waals surface area (Å²) in [5, 5.41) is 6.58. The molecule has 0 bridgehead atoms. The van der Waals surface area contributed by atoms with Gasteiger partial charge in [0.05, 0.1) is 31.6 Å². The SMILES string of the molecule is CCC1COCCN1c1nc(CNCCOC)cs1. The smallest absolute Gasteiger partial charge is 0.185 e. The molecule has 1 atom stereocenters. The van der Waals surface area contributed by atoms with Crippen molar-refractivity contribution in [1.29, 1.82) is 0 Å². The van der Waals surface area contributed by atoms with Crippen LogP contribution in [0.4, 0.5) is 5.13 Å². The number of hydrogen-bond acceptors (Lipinski definition) is 6. The summed E-state index contributed by atoms with van der Waals surface area (Å²) in [6.07, 6.45) is 1.10. The Bertz CT molecular complexity index is 373. The quantitative estimate of drug-likeness (QED) is 0.769. The van der Waals surface area contributed by atoms with Crippen molar-refractivity contribution in [3.8, 4) is 0 Å². The fraction of sp³-hybridized carbons (Fsp3) is 0.769. The van der Waals surface area contributed by atoms with Crippen LogP contribution in [0, 0.1) is 0 Å². The van der Waals surface area contributed by atoms with E-state index in [0.29, 0.717) is 6.04 Å². The molecule has 108 valence electrons. The highest BCUT2D eigenvalue weighted by molar-refractivity contribution is 7.13. The Morgan fingerprint density at radius 2 is 2.53 bits per heavy atom. The van der Waals surface area contributed by atoms with Gasteiger partial charge in [-0.1, -0.05) is 6.92 Å². The molecular weight excluding hydrogens is 262 g/mol. The van der Waals surface area contributed by atoms with E-state index in [1.54, 1.807) is 18.4 Å². The summed E-state index contributed by atoms with van der Waals surface area (Å²) < 4.78 is 10.5. The highest BCUT2D eigenvalue weighted by atomic mass is 32.1. The maximum atomic E-state index is 5.53. The number of aromatic nitrogens is 1. The lowest BCUT2D eigenvalue weighted by Crippen LogP contribution is -2.45. The van der Waals surface area contributed by atoms with E-state index >= 15 is 0 Å². The number of methoxy groups -OCH3 is 1. The van der Waals surface area contributed by atoms with Crippen LogP contribution in [-0.2, 0) is 16.0 Å². The molecule has 2 rings (SSSR count). The number of hydrogen-bond donors (Lipinski definition) is 1. The Labute approximate surface area is 118 Å². The average Bonchev–Trinajstić information content (AvgIpc) is 2.92. The van der Waals surface area contributed by atoms with Gasteiger partial charge in [0.25, 0.3) is 0 Å². The van der Waals surface area contributed by atoms with Gasteiger partial charge in [-0.25, -0.2) is 4.98 Å². The molecule has 0 spiro atoms. The van der Waals surface area contributed by atoms with Crippen LogP contribution in [0.25, 0.3) is 0 Å². The first-order valence-electron chi connectivity index (χ1n) is 6.83. The molecule has 1 aliphatic rings. The topological polar surface area (TPSA) is 46.6 Å². The molecule has 19 heavy (non-hydrogen) atoms. The molecule has 2 heterocycles. The van der Waals surface area contributed by atoms with Crippen LogP contribution < -0.4 is 10.2 Å². The van der Waals surface area contributed by atoms with Crippen molar-refractivity contribution in [3.63, 3.8) is 0 Å². The third-order valence-corrected chi connectivity index (χ3v) is 4.20.